The van der Waals surface area contributed by atoms with Crippen molar-refractivity contribution in [2.24, 2.45) is 0 Å². The molecule has 0 saturated carbocycles. The van der Waals surface area contributed by atoms with E-state index in [4.69, 9.17) is 4.74 Å². The van der Waals surface area contributed by atoms with Crippen LogP contribution in [0.15, 0.2) is 59.2 Å². The SMILES string of the molecule is COc1cccc2c(C)cc(-n3ncc(C#N)c3NC(=O)c3ccc(Br)cc3)nc12. The molecule has 0 radical (unpaired) electrons. The molecule has 0 unspecified atom stereocenters. The first-order valence-corrected chi connectivity index (χ1v) is 9.81. The zero-order valence-corrected chi connectivity index (χ0v) is 17.8. The van der Waals surface area contributed by atoms with Crippen molar-refractivity contribution in [1.82, 2.24) is 14.8 Å². The molecule has 0 spiro atoms. The van der Waals surface area contributed by atoms with Crippen molar-refractivity contribution in [3.8, 4) is 17.6 Å². The predicted octanol–water partition coefficient (Wildman–Crippen LogP) is 4.62. The number of carbonyl (C=O) groups is 1. The number of benzene rings is 2. The summed E-state index contributed by atoms with van der Waals surface area (Å²) < 4.78 is 7.76. The van der Waals surface area contributed by atoms with Gasteiger partial charge in [0.2, 0.25) is 0 Å². The lowest BCUT2D eigenvalue weighted by atomic mass is 10.1. The number of nitrogens with one attached hydrogen (secondary N) is 1. The Bertz CT molecular complexity index is 1310. The number of pyridine rings is 1. The number of aromatic nitrogens is 3. The minimum absolute atomic E-state index is 0.236. The van der Waals surface area contributed by atoms with Crippen LogP contribution in [0.2, 0.25) is 0 Å². The number of ether oxygens (including phenoxy) is 1. The van der Waals surface area contributed by atoms with Crippen LogP contribution in [-0.4, -0.2) is 27.8 Å². The fraction of sp³-hybridized carbons (Fsp3) is 0.0909. The van der Waals surface area contributed by atoms with E-state index in [1.807, 2.05) is 31.2 Å². The van der Waals surface area contributed by atoms with E-state index in [-0.39, 0.29) is 17.3 Å². The Labute approximate surface area is 181 Å². The van der Waals surface area contributed by atoms with Gasteiger partial charge in [0.05, 0.1) is 13.3 Å². The highest BCUT2D eigenvalue weighted by Crippen LogP contribution is 2.29. The van der Waals surface area contributed by atoms with Crippen LogP contribution in [0.1, 0.15) is 21.5 Å². The number of hydrogen-bond acceptors (Lipinski definition) is 5. The van der Waals surface area contributed by atoms with Crippen molar-refractivity contribution >= 4 is 38.6 Å². The van der Waals surface area contributed by atoms with Crippen LogP contribution < -0.4 is 10.1 Å². The molecule has 30 heavy (non-hydrogen) atoms. The quantitative estimate of drug-likeness (QED) is 0.478. The smallest absolute Gasteiger partial charge is 0.256 e. The summed E-state index contributed by atoms with van der Waals surface area (Å²) >= 11 is 3.35. The predicted molar refractivity (Wildman–Crippen MR) is 117 cm³/mol. The first-order valence-electron chi connectivity index (χ1n) is 9.01. The van der Waals surface area contributed by atoms with Gasteiger partial charge in [-0.3, -0.25) is 4.79 Å². The van der Waals surface area contributed by atoms with Crippen molar-refractivity contribution in [3.63, 3.8) is 0 Å². The van der Waals surface area contributed by atoms with Gasteiger partial charge in [-0.2, -0.15) is 15.0 Å². The number of anilines is 1. The van der Waals surface area contributed by atoms with Gasteiger partial charge in [0.25, 0.3) is 5.91 Å². The molecule has 0 aliphatic rings. The molecule has 0 bridgehead atoms. The minimum atomic E-state index is -0.351. The molecule has 0 saturated heterocycles. The third kappa shape index (κ3) is 3.51. The lowest BCUT2D eigenvalue weighted by Gasteiger charge is -2.12. The molecule has 0 fully saturated rings. The molecule has 0 atom stereocenters. The zero-order chi connectivity index (χ0) is 21.3. The lowest BCUT2D eigenvalue weighted by molar-refractivity contribution is 0.102. The first-order chi connectivity index (χ1) is 14.5. The highest BCUT2D eigenvalue weighted by Gasteiger charge is 2.18. The molecule has 8 heteroatoms. The van der Waals surface area contributed by atoms with E-state index in [1.54, 1.807) is 31.4 Å². The van der Waals surface area contributed by atoms with Crippen LogP contribution >= 0.6 is 15.9 Å². The summed E-state index contributed by atoms with van der Waals surface area (Å²) in [5.74, 6) is 1.00. The summed E-state index contributed by atoms with van der Waals surface area (Å²) in [6.07, 6.45) is 1.40. The van der Waals surface area contributed by atoms with Gasteiger partial charge in [0, 0.05) is 15.4 Å². The fourth-order valence-electron chi connectivity index (χ4n) is 3.15. The Kier molecular flexibility index (Phi) is 5.21. The number of hydrogen-bond donors (Lipinski definition) is 1. The van der Waals surface area contributed by atoms with E-state index in [9.17, 15) is 10.1 Å². The maximum Gasteiger partial charge on any atom is 0.256 e. The van der Waals surface area contributed by atoms with Crippen molar-refractivity contribution in [2.45, 2.75) is 6.92 Å². The van der Waals surface area contributed by atoms with Crippen molar-refractivity contribution in [1.29, 1.82) is 5.26 Å². The molecule has 2 aromatic heterocycles. The summed E-state index contributed by atoms with van der Waals surface area (Å²) in [4.78, 5) is 17.4. The summed E-state index contributed by atoms with van der Waals surface area (Å²) in [6.45, 7) is 1.96. The summed E-state index contributed by atoms with van der Waals surface area (Å²) in [5, 5.41) is 17.5. The molecular weight excluding hydrogens is 446 g/mol. The van der Waals surface area contributed by atoms with E-state index >= 15 is 0 Å². The van der Waals surface area contributed by atoms with Gasteiger partial charge in [0.1, 0.15) is 22.9 Å². The molecular formula is C22H16BrN5O2. The number of carbonyl (C=O) groups excluding carboxylic acids is 1. The largest absolute Gasteiger partial charge is 0.494 e. The Morgan fingerprint density at radius 2 is 2.00 bits per heavy atom. The van der Waals surface area contributed by atoms with Crippen LogP contribution in [0.25, 0.3) is 16.7 Å². The van der Waals surface area contributed by atoms with Crippen LogP contribution in [-0.2, 0) is 0 Å². The van der Waals surface area contributed by atoms with Gasteiger partial charge in [0.15, 0.2) is 11.6 Å². The molecule has 4 aromatic rings. The average molecular weight is 462 g/mol. The van der Waals surface area contributed by atoms with Gasteiger partial charge in [-0.05, 0) is 48.9 Å². The minimum Gasteiger partial charge on any atom is -0.494 e. The molecule has 0 aliphatic carbocycles. The van der Waals surface area contributed by atoms with Gasteiger partial charge < -0.3 is 10.1 Å². The molecule has 1 amide bonds. The standard InChI is InChI=1S/C22H16BrN5O2/c1-13-10-19(26-20-17(13)4-3-5-18(20)30-2)28-21(15(11-24)12-25-28)27-22(29)14-6-8-16(23)9-7-14/h3-10,12H,1-2H3,(H,27,29). The van der Waals surface area contributed by atoms with E-state index in [1.165, 1.54) is 10.9 Å². The highest BCUT2D eigenvalue weighted by atomic mass is 79.9. The fourth-order valence-corrected chi connectivity index (χ4v) is 3.42. The van der Waals surface area contributed by atoms with Crippen LogP contribution in [0.5, 0.6) is 5.75 Å². The van der Waals surface area contributed by atoms with Crippen molar-refractivity contribution in [3.05, 3.63) is 75.9 Å². The number of para-hydroxylation sites is 1. The van der Waals surface area contributed by atoms with E-state index < -0.39 is 0 Å². The Morgan fingerprint density at radius 1 is 1.23 bits per heavy atom. The van der Waals surface area contributed by atoms with Gasteiger partial charge >= 0.3 is 0 Å². The molecule has 7 nitrogen and oxygen atoms in total. The summed E-state index contributed by atoms with van der Waals surface area (Å²) in [5.41, 5.74) is 2.33. The number of fused-ring (bicyclic) bond motifs is 1. The van der Waals surface area contributed by atoms with Gasteiger partial charge in [-0.15, -0.1) is 0 Å². The number of aryl methyl sites for hydroxylation is 1. The Balaban J connectivity index is 1.81. The molecule has 2 aromatic carbocycles. The number of nitrogens with zero attached hydrogens (tertiary/aromatic N) is 4. The summed E-state index contributed by atoms with van der Waals surface area (Å²) in [6, 6.07) is 16.5. The topological polar surface area (TPSA) is 92.8 Å². The van der Waals surface area contributed by atoms with Crippen LogP contribution in [0.3, 0.4) is 0 Å². The number of methoxy groups -OCH3 is 1. The maximum absolute atomic E-state index is 12.7. The van der Waals surface area contributed by atoms with Gasteiger partial charge in [-0.1, -0.05) is 28.1 Å². The molecule has 2 heterocycles. The van der Waals surface area contributed by atoms with Crippen molar-refractivity contribution in [2.75, 3.05) is 12.4 Å². The van der Waals surface area contributed by atoms with E-state index in [0.717, 1.165) is 15.4 Å². The number of rotatable bonds is 4. The number of amides is 1. The molecule has 148 valence electrons. The maximum atomic E-state index is 12.7. The second kappa shape index (κ2) is 7.97. The second-order valence-corrected chi connectivity index (χ2v) is 7.46. The highest BCUT2D eigenvalue weighted by molar-refractivity contribution is 9.10. The number of nitriles is 1. The third-order valence-corrected chi connectivity index (χ3v) is 5.19. The average Bonchev–Trinajstić information content (AvgIpc) is 3.16. The van der Waals surface area contributed by atoms with E-state index in [0.29, 0.717) is 22.6 Å². The molecule has 4 rings (SSSR count). The number of halogens is 1. The van der Waals surface area contributed by atoms with Crippen molar-refractivity contribution < 1.29 is 9.53 Å². The Morgan fingerprint density at radius 3 is 2.70 bits per heavy atom. The van der Waals surface area contributed by atoms with Crippen LogP contribution in [0.4, 0.5) is 5.82 Å². The molecule has 0 aliphatic heterocycles. The monoisotopic (exact) mass is 461 g/mol. The van der Waals surface area contributed by atoms with E-state index in [2.05, 4.69) is 37.4 Å². The first kappa shape index (κ1) is 19.6. The van der Waals surface area contributed by atoms with Gasteiger partial charge in [-0.25, -0.2) is 4.98 Å². The zero-order valence-electron chi connectivity index (χ0n) is 16.2. The normalized spacial score (nSPS) is 10.6. The second-order valence-electron chi connectivity index (χ2n) is 6.55. The third-order valence-electron chi connectivity index (χ3n) is 4.66. The Hall–Kier alpha value is -3.70. The lowest BCUT2D eigenvalue weighted by Crippen LogP contribution is -2.16. The summed E-state index contributed by atoms with van der Waals surface area (Å²) in [7, 11) is 1.59. The molecule has 1 N–H and O–H groups in total. The van der Waals surface area contributed by atoms with Crippen LogP contribution in [0, 0.1) is 18.3 Å².